The molecule has 3 rings (SSSR count). The fourth-order valence-electron chi connectivity index (χ4n) is 3.14. The SMILES string of the molecule is COc1ncccc1CNC(=O)C1CCN(C(=O)Nc2ccccc2)CC1. The number of amides is 3. The van der Waals surface area contributed by atoms with Crippen LogP contribution in [0.4, 0.5) is 10.5 Å². The zero-order chi connectivity index (χ0) is 19.1. The van der Waals surface area contributed by atoms with Gasteiger partial charge in [0.05, 0.1) is 7.11 Å². The molecule has 27 heavy (non-hydrogen) atoms. The molecule has 0 atom stereocenters. The van der Waals surface area contributed by atoms with Crippen molar-refractivity contribution in [3.8, 4) is 5.88 Å². The van der Waals surface area contributed by atoms with E-state index < -0.39 is 0 Å². The van der Waals surface area contributed by atoms with Gasteiger partial charge in [-0.15, -0.1) is 0 Å². The average molecular weight is 368 g/mol. The summed E-state index contributed by atoms with van der Waals surface area (Å²) in [6.45, 7) is 1.50. The van der Waals surface area contributed by atoms with Gasteiger partial charge >= 0.3 is 6.03 Å². The number of nitrogens with one attached hydrogen (secondary N) is 2. The van der Waals surface area contributed by atoms with Crippen molar-refractivity contribution >= 4 is 17.6 Å². The summed E-state index contributed by atoms with van der Waals surface area (Å²) in [4.78, 5) is 30.6. The Hall–Kier alpha value is -3.09. The first-order valence-electron chi connectivity index (χ1n) is 9.04. The van der Waals surface area contributed by atoms with Gasteiger partial charge in [-0.1, -0.05) is 24.3 Å². The zero-order valence-electron chi connectivity index (χ0n) is 15.4. The fraction of sp³-hybridized carbons (Fsp3) is 0.350. The number of piperidine rings is 1. The number of para-hydroxylation sites is 1. The number of carbonyl (C=O) groups excluding carboxylic acids is 2. The van der Waals surface area contributed by atoms with E-state index >= 15 is 0 Å². The van der Waals surface area contributed by atoms with Crippen LogP contribution < -0.4 is 15.4 Å². The van der Waals surface area contributed by atoms with Gasteiger partial charge in [0.25, 0.3) is 0 Å². The van der Waals surface area contributed by atoms with Gasteiger partial charge in [-0.25, -0.2) is 9.78 Å². The Morgan fingerprint density at radius 3 is 2.59 bits per heavy atom. The largest absolute Gasteiger partial charge is 0.481 e. The maximum Gasteiger partial charge on any atom is 0.321 e. The number of likely N-dealkylation sites (tertiary alicyclic amines) is 1. The van der Waals surface area contributed by atoms with E-state index in [1.165, 1.54) is 0 Å². The summed E-state index contributed by atoms with van der Waals surface area (Å²) >= 11 is 0. The molecule has 7 nitrogen and oxygen atoms in total. The number of carbonyl (C=O) groups is 2. The Bertz CT molecular complexity index is 774. The van der Waals surface area contributed by atoms with Crippen LogP contribution in [0.1, 0.15) is 18.4 Å². The lowest BCUT2D eigenvalue weighted by molar-refractivity contribution is -0.126. The highest BCUT2D eigenvalue weighted by Crippen LogP contribution is 2.19. The molecule has 1 aliphatic heterocycles. The Morgan fingerprint density at radius 1 is 1.15 bits per heavy atom. The molecule has 0 radical (unpaired) electrons. The molecule has 0 saturated carbocycles. The summed E-state index contributed by atoms with van der Waals surface area (Å²) in [5.74, 6) is 0.433. The van der Waals surface area contributed by atoms with Crippen LogP contribution in [0.15, 0.2) is 48.7 Å². The lowest BCUT2D eigenvalue weighted by Crippen LogP contribution is -2.44. The minimum absolute atomic E-state index is 0.00373. The van der Waals surface area contributed by atoms with Gasteiger partial charge in [-0.3, -0.25) is 4.79 Å². The molecule has 0 bridgehead atoms. The van der Waals surface area contributed by atoms with E-state index in [4.69, 9.17) is 4.74 Å². The standard InChI is InChI=1S/C20H24N4O3/c1-27-19-16(6-5-11-21-19)14-22-18(25)15-9-12-24(13-10-15)20(26)23-17-7-3-2-4-8-17/h2-8,11,15H,9-10,12-14H2,1H3,(H,22,25)(H,23,26). The molecule has 1 aromatic carbocycles. The van der Waals surface area contributed by atoms with Crippen LogP contribution in [0.3, 0.4) is 0 Å². The smallest absolute Gasteiger partial charge is 0.321 e. The van der Waals surface area contributed by atoms with E-state index in [1.807, 2.05) is 42.5 Å². The molecule has 1 aromatic heterocycles. The molecule has 142 valence electrons. The van der Waals surface area contributed by atoms with Gasteiger partial charge in [0.2, 0.25) is 11.8 Å². The Balaban J connectivity index is 1.45. The summed E-state index contributed by atoms with van der Waals surface area (Å²) in [5.41, 5.74) is 1.61. The van der Waals surface area contributed by atoms with Crippen molar-refractivity contribution in [2.75, 3.05) is 25.5 Å². The predicted molar refractivity (Wildman–Crippen MR) is 102 cm³/mol. The fourth-order valence-corrected chi connectivity index (χ4v) is 3.14. The Morgan fingerprint density at radius 2 is 1.89 bits per heavy atom. The number of urea groups is 1. The first-order chi connectivity index (χ1) is 13.2. The number of hydrogen-bond donors (Lipinski definition) is 2. The summed E-state index contributed by atoms with van der Waals surface area (Å²) in [7, 11) is 1.56. The molecular weight excluding hydrogens is 344 g/mol. The van der Waals surface area contributed by atoms with E-state index in [2.05, 4.69) is 15.6 Å². The van der Waals surface area contributed by atoms with Crippen molar-refractivity contribution < 1.29 is 14.3 Å². The number of ether oxygens (including phenoxy) is 1. The first-order valence-corrected chi connectivity index (χ1v) is 9.04. The van der Waals surface area contributed by atoms with Crippen LogP contribution in [0.5, 0.6) is 5.88 Å². The molecule has 2 N–H and O–H groups in total. The molecule has 7 heteroatoms. The number of nitrogens with zero attached hydrogens (tertiary/aromatic N) is 2. The number of aromatic nitrogens is 1. The van der Waals surface area contributed by atoms with Crippen molar-refractivity contribution in [1.29, 1.82) is 0 Å². The summed E-state index contributed by atoms with van der Waals surface area (Å²) in [6.07, 6.45) is 2.96. The summed E-state index contributed by atoms with van der Waals surface area (Å²) < 4.78 is 5.20. The molecule has 0 aliphatic carbocycles. The molecule has 0 spiro atoms. The summed E-state index contributed by atoms with van der Waals surface area (Å²) in [6, 6.07) is 12.9. The molecule has 2 heterocycles. The van der Waals surface area contributed by atoms with Crippen LogP contribution in [0, 0.1) is 5.92 Å². The second-order valence-corrected chi connectivity index (χ2v) is 6.45. The molecular formula is C20H24N4O3. The minimum atomic E-state index is -0.125. The van der Waals surface area contributed by atoms with Crippen LogP contribution in [-0.4, -0.2) is 42.0 Å². The number of methoxy groups -OCH3 is 1. The second-order valence-electron chi connectivity index (χ2n) is 6.45. The van der Waals surface area contributed by atoms with Gasteiger partial charge in [0.15, 0.2) is 0 Å². The zero-order valence-corrected chi connectivity index (χ0v) is 15.4. The van der Waals surface area contributed by atoms with Gasteiger partial charge < -0.3 is 20.3 Å². The topological polar surface area (TPSA) is 83.6 Å². The lowest BCUT2D eigenvalue weighted by atomic mass is 9.96. The molecule has 0 unspecified atom stereocenters. The van der Waals surface area contributed by atoms with Crippen LogP contribution in [0.25, 0.3) is 0 Å². The number of pyridine rings is 1. The highest BCUT2D eigenvalue weighted by atomic mass is 16.5. The van der Waals surface area contributed by atoms with E-state index in [0.717, 1.165) is 11.3 Å². The van der Waals surface area contributed by atoms with Crippen LogP contribution in [-0.2, 0) is 11.3 Å². The normalized spacial score (nSPS) is 14.5. The summed E-state index contributed by atoms with van der Waals surface area (Å²) in [5, 5.41) is 5.83. The third-order valence-corrected chi connectivity index (χ3v) is 4.67. The third-order valence-electron chi connectivity index (χ3n) is 4.67. The highest BCUT2D eigenvalue weighted by molar-refractivity contribution is 5.89. The molecule has 1 saturated heterocycles. The van der Waals surface area contributed by atoms with Gasteiger partial charge in [0.1, 0.15) is 0 Å². The van der Waals surface area contributed by atoms with Crippen molar-refractivity contribution in [2.24, 2.45) is 5.92 Å². The molecule has 2 aromatic rings. The van der Waals surface area contributed by atoms with E-state index in [1.54, 1.807) is 18.2 Å². The van der Waals surface area contributed by atoms with Gasteiger partial charge in [0, 0.05) is 43.0 Å². The number of hydrogen-bond acceptors (Lipinski definition) is 4. The first kappa shape index (κ1) is 18.7. The highest BCUT2D eigenvalue weighted by Gasteiger charge is 2.27. The maximum absolute atomic E-state index is 12.4. The molecule has 3 amide bonds. The van der Waals surface area contributed by atoms with Crippen molar-refractivity contribution in [3.05, 3.63) is 54.2 Å². The number of anilines is 1. The van der Waals surface area contributed by atoms with Gasteiger partial charge in [-0.05, 0) is 31.0 Å². The third kappa shape index (κ3) is 4.97. The second kappa shape index (κ2) is 9.02. The number of rotatable bonds is 5. The monoisotopic (exact) mass is 368 g/mol. The molecule has 1 fully saturated rings. The maximum atomic E-state index is 12.4. The van der Waals surface area contributed by atoms with Crippen LogP contribution in [0.2, 0.25) is 0 Å². The van der Waals surface area contributed by atoms with E-state index in [9.17, 15) is 9.59 Å². The lowest BCUT2D eigenvalue weighted by Gasteiger charge is -2.31. The predicted octanol–water partition coefficient (Wildman–Crippen LogP) is 2.65. The average Bonchev–Trinajstić information content (AvgIpc) is 2.73. The van der Waals surface area contributed by atoms with E-state index in [-0.39, 0.29) is 17.9 Å². The van der Waals surface area contributed by atoms with Crippen molar-refractivity contribution in [1.82, 2.24) is 15.2 Å². The molecule has 1 aliphatic rings. The Kier molecular flexibility index (Phi) is 6.25. The van der Waals surface area contributed by atoms with Crippen molar-refractivity contribution in [2.45, 2.75) is 19.4 Å². The number of benzene rings is 1. The van der Waals surface area contributed by atoms with Crippen LogP contribution >= 0.6 is 0 Å². The quantitative estimate of drug-likeness (QED) is 0.850. The Labute approximate surface area is 158 Å². The van der Waals surface area contributed by atoms with Crippen molar-refractivity contribution in [3.63, 3.8) is 0 Å². The minimum Gasteiger partial charge on any atom is -0.481 e. The van der Waals surface area contributed by atoms with E-state index in [0.29, 0.717) is 38.4 Å². The van der Waals surface area contributed by atoms with Gasteiger partial charge in [-0.2, -0.15) is 0 Å².